The summed E-state index contributed by atoms with van der Waals surface area (Å²) in [5.41, 5.74) is 2.96. The Morgan fingerprint density at radius 3 is 2.50 bits per heavy atom. The third-order valence-electron chi connectivity index (χ3n) is 0.456. The Balaban J connectivity index is 3.86. The van der Waals surface area contributed by atoms with E-state index in [-0.39, 0.29) is 0 Å². The van der Waals surface area contributed by atoms with Crippen LogP contribution in [0, 0.1) is 0 Å². The zero-order valence-electron chi connectivity index (χ0n) is 3.69. The van der Waals surface area contributed by atoms with E-state index in [1.807, 2.05) is 0 Å². The summed E-state index contributed by atoms with van der Waals surface area (Å²) >= 11 is 0. The highest BCUT2D eigenvalue weighted by atomic mass is 16.1. The first-order valence-corrected chi connectivity index (χ1v) is 1.63. The molecule has 0 amide bonds. The van der Waals surface area contributed by atoms with Crippen molar-refractivity contribution in [2.75, 3.05) is 0 Å². The largest absolute Gasteiger partial charge is 0.298 e. The Bertz CT molecular complexity index is 96.5. The average molecular weight is 82.1 g/mol. The molecule has 0 saturated heterocycles. The first-order valence-electron chi connectivity index (χ1n) is 1.63. The van der Waals surface area contributed by atoms with Crippen LogP contribution >= 0.6 is 0 Å². The molecule has 0 aromatic carbocycles. The highest BCUT2D eigenvalue weighted by Crippen LogP contribution is 1.74. The predicted octanol–water partition coefficient (Wildman–Crippen LogP) is 0.916. The second-order valence-electron chi connectivity index (χ2n) is 0.978. The molecule has 0 unspecified atom stereocenters. The van der Waals surface area contributed by atoms with Gasteiger partial charge in [0.1, 0.15) is 0 Å². The highest BCUT2D eigenvalue weighted by molar-refractivity contribution is 5.71. The Morgan fingerprint density at radius 1 is 2.00 bits per heavy atom. The van der Waals surface area contributed by atoms with E-state index in [2.05, 4.69) is 12.3 Å². The van der Waals surface area contributed by atoms with Gasteiger partial charge in [0.2, 0.25) is 0 Å². The standard InChI is InChI=1S/C5H6O/c1-3-5(2)4-6/h4H,1H2,2H3. The van der Waals surface area contributed by atoms with Crippen LogP contribution in [0.15, 0.2) is 17.9 Å². The quantitative estimate of drug-likeness (QED) is 0.261. The second-order valence-corrected chi connectivity index (χ2v) is 0.978. The molecular formula is C5H6O. The van der Waals surface area contributed by atoms with Crippen LogP contribution in [0.4, 0.5) is 0 Å². The summed E-state index contributed by atoms with van der Waals surface area (Å²) in [4.78, 5) is 9.60. The van der Waals surface area contributed by atoms with Gasteiger partial charge in [-0.1, -0.05) is 6.58 Å². The fourth-order valence-corrected chi connectivity index (χ4v) is 0.0417. The van der Waals surface area contributed by atoms with Crippen molar-refractivity contribution in [1.29, 1.82) is 0 Å². The van der Waals surface area contributed by atoms with Crippen molar-refractivity contribution in [1.82, 2.24) is 0 Å². The van der Waals surface area contributed by atoms with Crippen LogP contribution in [0.3, 0.4) is 0 Å². The fraction of sp³-hybridized carbons (Fsp3) is 0.200. The lowest BCUT2D eigenvalue weighted by Gasteiger charge is -1.67. The summed E-state index contributed by atoms with van der Waals surface area (Å²) < 4.78 is 0. The molecule has 0 spiro atoms. The minimum atomic E-state index is 0.551. The summed E-state index contributed by atoms with van der Waals surface area (Å²) in [5.74, 6) is 0. The molecule has 0 fully saturated rings. The number of carbonyl (C=O) groups excluding carboxylic acids is 1. The van der Waals surface area contributed by atoms with E-state index >= 15 is 0 Å². The first-order chi connectivity index (χ1) is 2.81. The lowest BCUT2D eigenvalue weighted by atomic mass is 10.4. The molecule has 0 aliphatic carbocycles. The Morgan fingerprint density at radius 2 is 2.50 bits per heavy atom. The van der Waals surface area contributed by atoms with E-state index in [0.29, 0.717) is 11.9 Å². The average Bonchev–Trinajstić information content (AvgIpc) is 1.65. The predicted molar refractivity (Wildman–Crippen MR) is 24.4 cm³/mol. The van der Waals surface area contributed by atoms with Gasteiger partial charge in [0, 0.05) is 5.57 Å². The Labute approximate surface area is 37.0 Å². The van der Waals surface area contributed by atoms with Crippen LogP contribution in [0.5, 0.6) is 0 Å². The van der Waals surface area contributed by atoms with E-state index in [9.17, 15) is 4.79 Å². The van der Waals surface area contributed by atoms with E-state index in [1.54, 1.807) is 6.92 Å². The number of aldehydes is 1. The third kappa shape index (κ3) is 1.50. The number of hydrogen-bond acceptors (Lipinski definition) is 1. The molecule has 0 aliphatic rings. The van der Waals surface area contributed by atoms with Crippen molar-refractivity contribution in [2.45, 2.75) is 6.92 Å². The van der Waals surface area contributed by atoms with Gasteiger partial charge >= 0.3 is 0 Å². The first kappa shape index (κ1) is 5.19. The van der Waals surface area contributed by atoms with Crippen molar-refractivity contribution in [2.24, 2.45) is 0 Å². The maximum Gasteiger partial charge on any atom is 0.153 e. The maximum atomic E-state index is 9.60. The van der Waals surface area contributed by atoms with Crippen molar-refractivity contribution in [3.63, 3.8) is 0 Å². The van der Waals surface area contributed by atoms with E-state index in [4.69, 9.17) is 0 Å². The molecule has 0 aromatic rings. The van der Waals surface area contributed by atoms with E-state index in [0.717, 1.165) is 0 Å². The number of carbonyl (C=O) groups is 1. The monoisotopic (exact) mass is 82.0 g/mol. The van der Waals surface area contributed by atoms with Crippen LogP contribution in [-0.4, -0.2) is 6.29 Å². The molecule has 0 atom stereocenters. The Kier molecular flexibility index (Phi) is 2.10. The fourth-order valence-electron chi connectivity index (χ4n) is 0.0417. The van der Waals surface area contributed by atoms with Gasteiger partial charge in [-0.3, -0.25) is 4.79 Å². The summed E-state index contributed by atoms with van der Waals surface area (Å²) in [6, 6.07) is 0. The molecule has 0 saturated carbocycles. The molecule has 0 aromatic heterocycles. The normalized spacial score (nSPS) is 6.17. The summed E-state index contributed by atoms with van der Waals surface area (Å²) in [7, 11) is 0. The third-order valence-corrected chi connectivity index (χ3v) is 0.456. The molecular weight excluding hydrogens is 76.1 g/mol. The lowest BCUT2D eigenvalue weighted by molar-refractivity contribution is -0.104. The molecule has 0 rings (SSSR count). The zero-order chi connectivity index (χ0) is 4.99. The van der Waals surface area contributed by atoms with E-state index < -0.39 is 0 Å². The number of hydrogen-bond donors (Lipinski definition) is 0. The van der Waals surface area contributed by atoms with Gasteiger partial charge < -0.3 is 0 Å². The van der Waals surface area contributed by atoms with Crippen LogP contribution in [0.25, 0.3) is 0 Å². The van der Waals surface area contributed by atoms with Crippen LogP contribution in [0.1, 0.15) is 6.92 Å². The van der Waals surface area contributed by atoms with Gasteiger partial charge in [-0.25, -0.2) is 0 Å². The minimum Gasteiger partial charge on any atom is -0.298 e. The Hall–Kier alpha value is -0.810. The topological polar surface area (TPSA) is 17.1 Å². The van der Waals surface area contributed by atoms with Crippen molar-refractivity contribution in [3.8, 4) is 0 Å². The maximum absolute atomic E-state index is 9.60. The van der Waals surface area contributed by atoms with Crippen molar-refractivity contribution in [3.05, 3.63) is 17.9 Å². The molecule has 0 heterocycles. The summed E-state index contributed by atoms with van der Waals surface area (Å²) in [6.07, 6.45) is 0.715. The number of rotatable bonds is 1. The summed E-state index contributed by atoms with van der Waals surface area (Å²) in [6.45, 7) is 4.89. The van der Waals surface area contributed by atoms with Gasteiger partial charge in [-0.15, -0.1) is 5.73 Å². The lowest BCUT2D eigenvalue weighted by Crippen LogP contribution is -1.67. The molecule has 1 nitrogen and oxygen atoms in total. The molecule has 0 bridgehead atoms. The smallest absolute Gasteiger partial charge is 0.153 e. The minimum absolute atomic E-state index is 0.551. The van der Waals surface area contributed by atoms with Crippen molar-refractivity contribution < 1.29 is 4.79 Å². The van der Waals surface area contributed by atoms with Crippen LogP contribution < -0.4 is 0 Å². The van der Waals surface area contributed by atoms with Gasteiger partial charge in [-0.05, 0) is 6.92 Å². The molecule has 32 valence electrons. The molecule has 1 heteroatoms. The highest BCUT2D eigenvalue weighted by Gasteiger charge is 1.70. The molecule has 0 N–H and O–H groups in total. The molecule has 6 heavy (non-hydrogen) atoms. The number of allylic oxidation sites excluding steroid dienone is 1. The van der Waals surface area contributed by atoms with Crippen LogP contribution in [0.2, 0.25) is 0 Å². The second kappa shape index (κ2) is 2.43. The van der Waals surface area contributed by atoms with Gasteiger partial charge in [-0.2, -0.15) is 0 Å². The molecule has 0 aliphatic heterocycles. The van der Waals surface area contributed by atoms with Crippen LogP contribution in [-0.2, 0) is 4.79 Å². The van der Waals surface area contributed by atoms with Gasteiger partial charge in [0.25, 0.3) is 0 Å². The van der Waals surface area contributed by atoms with E-state index in [1.165, 1.54) is 0 Å². The van der Waals surface area contributed by atoms with Crippen molar-refractivity contribution >= 4 is 6.29 Å². The zero-order valence-corrected chi connectivity index (χ0v) is 3.69. The molecule has 0 radical (unpaired) electrons. The summed E-state index contributed by atoms with van der Waals surface area (Å²) in [5, 5.41) is 0. The SMILES string of the molecule is C=C=C(C)C=O. The van der Waals surface area contributed by atoms with Gasteiger partial charge in [0.15, 0.2) is 6.29 Å². The van der Waals surface area contributed by atoms with Gasteiger partial charge in [0.05, 0.1) is 0 Å².